The van der Waals surface area contributed by atoms with E-state index in [-0.39, 0.29) is 0 Å². The minimum absolute atomic E-state index is 1.31. The molecule has 0 bridgehead atoms. The third-order valence-corrected chi connectivity index (χ3v) is 3.77. The molecule has 0 aliphatic rings. The van der Waals surface area contributed by atoms with Crippen LogP contribution in [0.3, 0.4) is 0 Å². The second-order valence-corrected chi connectivity index (χ2v) is 4.93. The number of rotatable bonds is 1. The molecule has 2 aromatic carbocycles. The molecule has 0 radical (unpaired) electrons. The van der Waals surface area contributed by atoms with Crippen molar-refractivity contribution < 1.29 is 0 Å². The Bertz CT molecular complexity index is 634. The van der Waals surface area contributed by atoms with Gasteiger partial charge in [-0.05, 0) is 23.9 Å². The maximum atomic E-state index is 2.25. The van der Waals surface area contributed by atoms with Gasteiger partial charge >= 0.3 is 0 Å². The lowest BCUT2D eigenvalue weighted by atomic mass is 10.0. The first-order valence-electron chi connectivity index (χ1n) is 5.38. The Balaban J connectivity index is 2.26. The number of fused-ring (bicyclic) bond motifs is 1. The van der Waals surface area contributed by atoms with Crippen LogP contribution >= 0.6 is 11.3 Å². The number of aryl methyl sites for hydroxylation is 1. The highest BCUT2D eigenvalue weighted by molar-refractivity contribution is 7.17. The molecule has 0 N–H and O–H groups in total. The minimum Gasteiger partial charge on any atom is -0.143 e. The topological polar surface area (TPSA) is 0 Å². The molecule has 0 atom stereocenters. The molecule has 0 fully saturated rings. The minimum atomic E-state index is 1.31. The summed E-state index contributed by atoms with van der Waals surface area (Å²) in [6.07, 6.45) is 0. The van der Waals surface area contributed by atoms with Crippen molar-refractivity contribution in [1.82, 2.24) is 0 Å². The molecule has 3 rings (SSSR count). The van der Waals surface area contributed by atoms with Crippen LogP contribution in [-0.2, 0) is 0 Å². The summed E-state index contributed by atoms with van der Waals surface area (Å²) in [5.41, 5.74) is 3.98. The van der Waals surface area contributed by atoms with Gasteiger partial charge in [0.2, 0.25) is 0 Å². The van der Waals surface area contributed by atoms with Gasteiger partial charge < -0.3 is 0 Å². The summed E-state index contributed by atoms with van der Waals surface area (Å²) >= 11 is 1.81. The molecular weight excluding hydrogens is 212 g/mol. The first kappa shape index (κ1) is 9.61. The zero-order valence-electron chi connectivity index (χ0n) is 9.10. The van der Waals surface area contributed by atoms with Crippen LogP contribution in [0, 0.1) is 6.92 Å². The molecule has 1 aromatic heterocycles. The fourth-order valence-electron chi connectivity index (χ4n) is 2.01. The van der Waals surface area contributed by atoms with E-state index in [4.69, 9.17) is 0 Å². The zero-order valence-corrected chi connectivity index (χ0v) is 9.92. The lowest BCUT2D eigenvalue weighted by Crippen LogP contribution is -1.77. The van der Waals surface area contributed by atoms with E-state index in [2.05, 4.69) is 60.8 Å². The Morgan fingerprint density at radius 3 is 2.69 bits per heavy atom. The lowest BCUT2D eigenvalue weighted by molar-refractivity contribution is 1.47. The summed E-state index contributed by atoms with van der Waals surface area (Å²) in [5, 5.41) is 3.61. The zero-order chi connectivity index (χ0) is 11.0. The largest absolute Gasteiger partial charge is 0.143 e. The number of hydrogen-bond acceptors (Lipinski definition) is 1. The van der Waals surface area contributed by atoms with Crippen molar-refractivity contribution in [2.75, 3.05) is 0 Å². The average Bonchev–Trinajstić information content (AvgIpc) is 2.72. The van der Waals surface area contributed by atoms with Gasteiger partial charge in [-0.1, -0.05) is 48.0 Å². The molecular formula is C15H12S. The van der Waals surface area contributed by atoms with Crippen molar-refractivity contribution >= 4 is 21.4 Å². The Morgan fingerprint density at radius 1 is 0.938 bits per heavy atom. The van der Waals surface area contributed by atoms with Crippen molar-refractivity contribution in [3.8, 4) is 11.1 Å². The standard InChI is InChI=1S/C15H12S/c1-11-5-4-6-12(9-11)14-10-16-15-8-3-2-7-13(14)15/h2-10H,1H3. The van der Waals surface area contributed by atoms with Crippen molar-refractivity contribution in [3.05, 3.63) is 59.5 Å². The smallest absolute Gasteiger partial charge is 0.0349 e. The summed E-state index contributed by atoms with van der Waals surface area (Å²) in [5.74, 6) is 0. The summed E-state index contributed by atoms with van der Waals surface area (Å²) in [6, 6.07) is 17.3. The monoisotopic (exact) mass is 224 g/mol. The predicted octanol–water partition coefficient (Wildman–Crippen LogP) is 4.88. The second kappa shape index (κ2) is 3.76. The summed E-state index contributed by atoms with van der Waals surface area (Å²) in [6.45, 7) is 2.14. The van der Waals surface area contributed by atoms with Crippen molar-refractivity contribution in [3.63, 3.8) is 0 Å². The van der Waals surface area contributed by atoms with Gasteiger partial charge in [0.25, 0.3) is 0 Å². The van der Waals surface area contributed by atoms with Crippen LogP contribution in [0.2, 0.25) is 0 Å². The highest BCUT2D eigenvalue weighted by Crippen LogP contribution is 2.33. The van der Waals surface area contributed by atoms with E-state index >= 15 is 0 Å². The van der Waals surface area contributed by atoms with Crippen LogP contribution in [0.15, 0.2) is 53.9 Å². The molecule has 3 aromatic rings. The fourth-order valence-corrected chi connectivity index (χ4v) is 2.98. The average molecular weight is 224 g/mol. The fraction of sp³-hybridized carbons (Fsp3) is 0.0667. The Kier molecular flexibility index (Phi) is 2.26. The maximum Gasteiger partial charge on any atom is 0.0349 e. The first-order valence-corrected chi connectivity index (χ1v) is 6.26. The van der Waals surface area contributed by atoms with Crippen LogP contribution in [0.25, 0.3) is 21.2 Å². The van der Waals surface area contributed by atoms with Gasteiger partial charge in [-0.3, -0.25) is 0 Å². The third-order valence-electron chi connectivity index (χ3n) is 2.81. The van der Waals surface area contributed by atoms with Crippen molar-refractivity contribution in [2.24, 2.45) is 0 Å². The molecule has 0 nitrogen and oxygen atoms in total. The Morgan fingerprint density at radius 2 is 1.81 bits per heavy atom. The number of thiophene rings is 1. The van der Waals surface area contributed by atoms with E-state index in [0.29, 0.717) is 0 Å². The molecule has 0 spiro atoms. The third kappa shape index (κ3) is 1.54. The van der Waals surface area contributed by atoms with E-state index < -0.39 is 0 Å². The van der Waals surface area contributed by atoms with Crippen LogP contribution in [0.4, 0.5) is 0 Å². The highest BCUT2D eigenvalue weighted by atomic mass is 32.1. The van der Waals surface area contributed by atoms with E-state index in [1.165, 1.54) is 26.8 Å². The second-order valence-electron chi connectivity index (χ2n) is 4.02. The first-order chi connectivity index (χ1) is 7.84. The molecule has 0 saturated heterocycles. The van der Waals surface area contributed by atoms with E-state index in [1.54, 1.807) is 0 Å². The normalized spacial score (nSPS) is 10.8. The van der Waals surface area contributed by atoms with Gasteiger partial charge in [-0.25, -0.2) is 0 Å². The molecule has 1 heterocycles. The SMILES string of the molecule is Cc1cccc(-c2csc3ccccc23)c1. The Labute approximate surface area is 99.2 Å². The molecule has 0 aliphatic carbocycles. The van der Waals surface area contributed by atoms with Gasteiger partial charge in [-0.2, -0.15) is 0 Å². The van der Waals surface area contributed by atoms with Crippen molar-refractivity contribution in [1.29, 1.82) is 0 Å². The van der Waals surface area contributed by atoms with Crippen molar-refractivity contribution in [2.45, 2.75) is 6.92 Å². The molecule has 0 unspecified atom stereocenters. The van der Waals surface area contributed by atoms with Crippen LogP contribution in [-0.4, -0.2) is 0 Å². The van der Waals surface area contributed by atoms with Gasteiger partial charge in [0, 0.05) is 15.6 Å². The van der Waals surface area contributed by atoms with E-state index in [1.807, 2.05) is 11.3 Å². The van der Waals surface area contributed by atoms with Crippen LogP contribution in [0.5, 0.6) is 0 Å². The molecule has 0 aliphatic heterocycles. The maximum absolute atomic E-state index is 2.25. The summed E-state index contributed by atoms with van der Waals surface area (Å²) in [4.78, 5) is 0. The summed E-state index contributed by atoms with van der Waals surface area (Å²) < 4.78 is 1.36. The predicted molar refractivity (Wildman–Crippen MR) is 72.0 cm³/mol. The van der Waals surface area contributed by atoms with Crippen LogP contribution in [0.1, 0.15) is 5.56 Å². The molecule has 78 valence electrons. The number of benzene rings is 2. The Hall–Kier alpha value is -1.60. The van der Waals surface area contributed by atoms with Crippen LogP contribution < -0.4 is 0 Å². The molecule has 1 heteroatoms. The molecule has 0 amide bonds. The molecule has 0 saturated carbocycles. The molecule has 16 heavy (non-hydrogen) atoms. The van der Waals surface area contributed by atoms with E-state index in [0.717, 1.165) is 0 Å². The summed E-state index contributed by atoms with van der Waals surface area (Å²) in [7, 11) is 0. The van der Waals surface area contributed by atoms with Gasteiger partial charge in [-0.15, -0.1) is 11.3 Å². The van der Waals surface area contributed by atoms with Gasteiger partial charge in [0.05, 0.1) is 0 Å². The van der Waals surface area contributed by atoms with Gasteiger partial charge in [0.1, 0.15) is 0 Å². The van der Waals surface area contributed by atoms with Gasteiger partial charge in [0.15, 0.2) is 0 Å². The highest BCUT2D eigenvalue weighted by Gasteiger charge is 2.05. The van der Waals surface area contributed by atoms with E-state index in [9.17, 15) is 0 Å². The lowest BCUT2D eigenvalue weighted by Gasteiger charge is -2.01. The number of hydrogen-bond donors (Lipinski definition) is 0. The quantitative estimate of drug-likeness (QED) is 0.553.